The number of likely N-dealkylation sites (tertiary alicyclic amines) is 1. The Labute approximate surface area is 175 Å². The van der Waals surface area contributed by atoms with E-state index in [4.69, 9.17) is 16.1 Å². The topological polar surface area (TPSA) is 42.4 Å². The lowest BCUT2D eigenvalue weighted by Crippen LogP contribution is -2.36. The van der Waals surface area contributed by atoms with Gasteiger partial charge in [-0.05, 0) is 44.4 Å². The highest BCUT2D eigenvalue weighted by Crippen LogP contribution is 2.40. The third-order valence-electron chi connectivity index (χ3n) is 4.99. The fraction of sp³-hybridized carbons (Fsp3) is 0.333. The van der Waals surface area contributed by atoms with Crippen LogP contribution in [0, 0.1) is 12.3 Å². The summed E-state index contributed by atoms with van der Waals surface area (Å²) >= 11 is 1.50. The normalized spacial score (nSPS) is 16.8. The number of ether oxygens (including phenoxy) is 1. The predicted octanol–water partition coefficient (Wildman–Crippen LogP) is 6.02. The van der Waals surface area contributed by atoms with E-state index in [1.165, 1.54) is 11.3 Å². The molecule has 1 aliphatic rings. The first-order valence-corrected chi connectivity index (χ1v) is 10.6. The summed E-state index contributed by atoms with van der Waals surface area (Å²) in [6, 6.07) is 14.3. The zero-order valence-corrected chi connectivity index (χ0v) is 17.8. The Morgan fingerprint density at radius 3 is 2.76 bits per heavy atom. The Bertz CT molecular complexity index is 1100. The largest absolute Gasteiger partial charge is 0.444 e. The maximum absolute atomic E-state index is 12.7. The average molecular weight is 405 g/mol. The van der Waals surface area contributed by atoms with Crippen LogP contribution in [0.1, 0.15) is 49.5 Å². The molecule has 4 rings (SSSR count). The number of amides is 1. The number of terminal acetylenes is 1. The second-order valence-corrected chi connectivity index (χ2v) is 9.26. The quantitative estimate of drug-likeness (QED) is 0.491. The lowest BCUT2D eigenvalue weighted by Gasteiger charge is -2.27. The van der Waals surface area contributed by atoms with Gasteiger partial charge in [-0.25, -0.2) is 9.78 Å². The van der Waals surface area contributed by atoms with Gasteiger partial charge in [-0.15, -0.1) is 17.8 Å². The molecule has 0 bridgehead atoms. The molecule has 4 nitrogen and oxygen atoms in total. The summed E-state index contributed by atoms with van der Waals surface area (Å²) in [6.07, 6.45) is 7.35. The van der Waals surface area contributed by atoms with Crippen molar-refractivity contribution in [1.29, 1.82) is 0 Å². The highest BCUT2D eigenvalue weighted by Gasteiger charge is 2.35. The van der Waals surface area contributed by atoms with Crippen LogP contribution in [-0.2, 0) is 4.74 Å². The first kappa shape index (κ1) is 19.5. The van der Waals surface area contributed by atoms with Gasteiger partial charge in [-0.2, -0.15) is 0 Å². The third kappa shape index (κ3) is 3.86. The van der Waals surface area contributed by atoms with Crippen molar-refractivity contribution in [3.63, 3.8) is 0 Å². The van der Waals surface area contributed by atoms with Crippen molar-refractivity contribution in [3.8, 4) is 23.6 Å². The van der Waals surface area contributed by atoms with Gasteiger partial charge in [-0.1, -0.05) is 48.4 Å². The van der Waals surface area contributed by atoms with E-state index in [2.05, 4.69) is 30.2 Å². The summed E-state index contributed by atoms with van der Waals surface area (Å²) < 4.78 is 5.60. The van der Waals surface area contributed by atoms with Crippen LogP contribution in [0.5, 0.6) is 0 Å². The van der Waals surface area contributed by atoms with Gasteiger partial charge in [0.05, 0.1) is 11.7 Å². The van der Waals surface area contributed by atoms with Gasteiger partial charge in [0.2, 0.25) is 0 Å². The second-order valence-electron chi connectivity index (χ2n) is 8.23. The van der Waals surface area contributed by atoms with Crippen molar-refractivity contribution in [2.45, 2.75) is 45.3 Å². The first-order valence-electron chi connectivity index (χ1n) is 9.82. The van der Waals surface area contributed by atoms with Crippen LogP contribution in [0.25, 0.3) is 22.0 Å². The molecule has 5 heteroatoms. The molecule has 0 aliphatic carbocycles. The number of aromatic nitrogens is 1. The van der Waals surface area contributed by atoms with Gasteiger partial charge in [0.25, 0.3) is 0 Å². The SMILES string of the molecule is C#Cc1sc(C2CCCN2C(=O)OC(C)(C)C)nc1-c1cccc2ccccc12. The minimum absolute atomic E-state index is 0.0920. The van der Waals surface area contributed by atoms with Gasteiger partial charge >= 0.3 is 6.09 Å². The summed E-state index contributed by atoms with van der Waals surface area (Å²) in [5.41, 5.74) is 1.33. The molecule has 148 valence electrons. The lowest BCUT2D eigenvalue weighted by atomic mass is 10.0. The first-order chi connectivity index (χ1) is 13.9. The molecule has 1 unspecified atom stereocenters. The standard InChI is InChI=1S/C24H24N2O2S/c1-5-20-21(18-13-8-11-16-10-6-7-12-17(16)18)25-22(29-20)19-14-9-15-26(19)23(27)28-24(2,3)4/h1,6-8,10-13,19H,9,14-15H2,2-4H3. The molecule has 0 saturated carbocycles. The van der Waals surface area contributed by atoms with Crippen molar-refractivity contribution in [2.24, 2.45) is 0 Å². The van der Waals surface area contributed by atoms with Gasteiger partial charge < -0.3 is 4.74 Å². The van der Waals surface area contributed by atoms with Gasteiger partial charge in [0, 0.05) is 12.1 Å². The molecule has 3 aromatic rings. The summed E-state index contributed by atoms with van der Waals surface area (Å²) in [5, 5.41) is 3.15. The second kappa shape index (κ2) is 7.53. The molecule has 1 atom stereocenters. The zero-order chi connectivity index (χ0) is 20.6. The lowest BCUT2D eigenvalue weighted by molar-refractivity contribution is 0.0224. The van der Waals surface area contributed by atoms with Crippen molar-refractivity contribution < 1.29 is 9.53 Å². The smallest absolute Gasteiger partial charge is 0.410 e. The number of thiazole rings is 1. The molecule has 1 aromatic heterocycles. The van der Waals surface area contributed by atoms with Gasteiger partial charge in [-0.3, -0.25) is 4.90 Å². The molecule has 1 aliphatic heterocycles. The number of hydrogen-bond acceptors (Lipinski definition) is 4. The van der Waals surface area contributed by atoms with E-state index < -0.39 is 5.60 Å². The van der Waals surface area contributed by atoms with Crippen LogP contribution >= 0.6 is 11.3 Å². The van der Waals surface area contributed by atoms with Crippen LogP contribution in [0.4, 0.5) is 4.79 Å². The number of nitrogens with zero attached hydrogens (tertiary/aromatic N) is 2. The molecule has 0 spiro atoms. The third-order valence-corrected chi connectivity index (χ3v) is 6.07. The van der Waals surface area contributed by atoms with Crippen LogP contribution in [0.3, 0.4) is 0 Å². The van der Waals surface area contributed by atoms with Crippen molar-refractivity contribution in [1.82, 2.24) is 9.88 Å². The number of hydrogen-bond donors (Lipinski definition) is 0. The van der Waals surface area contributed by atoms with E-state index in [-0.39, 0.29) is 12.1 Å². The number of rotatable bonds is 2. The highest BCUT2D eigenvalue weighted by molar-refractivity contribution is 7.12. The molecule has 2 aromatic carbocycles. The fourth-order valence-electron chi connectivity index (χ4n) is 3.75. The maximum Gasteiger partial charge on any atom is 0.410 e. The van der Waals surface area contributed by atoms with Crippen LogP contribution in [0.15, 0.2) is 42.5 Å². The monoisotopic (exact) mass is 404 g/mol. The van der Waals surface area contributed by atoms with E-state index in [0.717, 1.165) is 44.8 Å². The number of benzene rings is 2. The summed E-state index contributed by atoms with van der Waals surface area (Å²) in [6.45, 7) is 6.32. The van der Waals surface area contributed by atoms with E-state index in [0.29, 0.717) is 6.54 Å². The van der Waals surface area contributed by atoms with Crippen LogP contribution < -0.4 is 0 Å². The Hall–Kier alpha value is -2.84. The molecule has 0 radical (unpaired) electrons. The summed E-state index contributed by atoms with van der Waals surface area (Å²) in [4.78, 5) is 20.2. The Balaban J connectivity index is 1.73. The molecular formula is C24H24N2O2S. The Morgan fingerprint density at radius 2 is 2.00 bits per heavy atom. The van der Waals surface area contributed by atoms with Crippen molar-refractivity contribution >= 4 is 28.2 Å². The molecule has 2 heterocycles. The minimum Gasteiger partial charge on any atom is -0.444 e. The number of carbonyl (C=O) groups is 1. The van der Waals surface area contributed by atoms with Gasteiger partial charge in [0.15, 0.2) is 0 Å². The zero-order valence-electron chi connectivity index (χ0n) is 16.9. The molecule has 1 fully saturated rings. The van der Waals surface area contributed by atoms with E-state index in [1.807, 2.05) is 39.0 Å². The molecule has 29 heavy (non-hydrogen) atoms. The Morgan fingerprint density at radius 1 is 1.24 bits per heavy atom. The number of carbonyl (C=O) groups excluding carboxylic acids is 1. The van der Waals surface area contributed by atoms with Crippen molar-refractivity contribution in [3.05, 3.63) is 52.3 Å². The average Bonchev–Trinajstić information content (AvgIpc) is 3.33. The van der Waals surface area contributed by atoms with E-state index in [9.17, 15) is 4.79 Å². The molecule has 1 amide bonds. The fourth-order valence-corrected chi connectivity index (χ4v) is 4.79. The van der Waals surface area contributed by atoms with Crippen LogP contribution in [-0.4, -0.2) is 28.1 Å². The van der Waals surface area contributed by atoms with Crippen LogP contribution in [0.2, 0.25) is 0 Å². The number of fused-ring (bicyclic) bond motifs is 1. The summed E-state index contributed by atoms with van der Waals surface area (Å²) in [5.74, 6) is 2.81. The van der Waals surface area contributed by atoms with E-state index >= 15 is 0 Å². The Kier molecular flexibility index (Phi) is 5.06. The minimum atomic E-state index is -0.523. The van der Waals surface area contributed by atoms with Crippen molar-refractivity contribution in [2.75, 3.05) is 6.54 Å². The predicted molar refractivity (Wildman–Crippen MR) is 118 cm³/mol. The molecule has 0 N–H and O–H groups in total. The molecule has 1 saturated heterocycles. The molecular weight excluding hydrogens is 380 g/mol. The summed E-state index contributed by atoms with van der Waals surface area (Å²) in [7, 11) is 0. The van der Waals surface area contributed by atoms with E-state index in [1.54, 1.807) is 4.90 Å². The highest BCUT2D eigenvalue weighted by atomic mass is 32.1. The van der Waals surface area contributed by atoms with Gasteiger partial charge in [0.1, 0.15) is 15.5 Å². The maximum atomic E-state index is 12.7.